The number of carbonyl (C=O) groups excluding carboxylic acids is 1. The second-order valence-electron chi connectivity index (χ2n) is 6.93. The fourth-order valence-corrected chi connectivity index (χ4v) is 3.10. The van der Waals surface area contributed by atoms with Crippen LogP contribution >= 0.6 is 0 Å². The van der Waals surface area contributed by atoms with E-state index in [1.165, 1.54) is 10.7 Å². The Morgan fingerprint density at radius 3 is 2.81 bits per heavy atom. The molecule has 4 rings (SSSR count). The molecule has 8 nitrogen and oxygen atoms in total. The molecular weight excluding hydrogens is 346 g/mol. The van der Waals surface area contributed by atoms with Crippen LogP contribution in [0.4, 0.5) is 5.82 Å². The molecule has 1 saturated heterocycles. The molecule has 1 aliphatic heterocycles. The van der Waals surface area contributed by atoms with Crippen molar-refractivity contribution >= 4 is 11.7 Å². The van der Waals surface area contributed by atoms with E-state index < -0.39 is 0 Å². The highest BCUT2D eigenvalue weighted by molar-refractivity contribution is 5.75. The molecule has 27 heavy (non-hydrogen) atoms. The number of carbonyl (C=O) groups is 1. The van der Waals surface area contributed by atoms with Crippen LogP contribution in [0.5, 0.6) is 0 Å². The van der Waals surface area contributed by atoms with Gasteiger partial charge in [-0.15, -0.1) is 0 Å². The van der Waals surface area contributed by atoms with Crippen LogP contribution in [0, 0.1) is 0 Å². The maximum absolute atomic E-state index is 12.3. The average Bonchev–Trinajstić information content (AvgIpc) is 3.54. The summed E-state index contributed by atoms with van der Waals surface area (Å²) in [6.07, 6.45) is 3.95. The molecule has 1 saturated carbocycles. The van der Waals surface area contributed by atoms with E-state index in [1.807, 2.05) is 12.1 Å². The molecule has 142 valence electrons. The highest BCUT2D eigenvalue weighted by Crippen LogP contribution is 2.38. The van der Waals surface area contributed by atoms with E-state index in [-0.39, 0.29) is 18.0 Å². The lowest BCUT2D eigenvalue weighted by molar-refractivity contribution is -0.122. The minimum absolute atomic E-state index is 0.0687. The fourth-order valence-electron chi connectivity index (χ4n) is 3.10. The zero-order valence-electron chi connectivity index (χ0n) is 15.1. The van der Waals surface area contributed by atoms with Crippen LogP contribution in [0.1, 0.15) is 30.0 Å². The van der Waals surface area contributed by atoms with Crippen LogP contribution in [0.15, 0.2) is 35.3 Å². The molecule has 1 aliphatic carbocycles. The molecular formula is C19H23N5O3. The van der Waals surface area contributed by atoms with E-state index in [1.54, 1.807) is 12.3 Å². The standard InChI is InChI=1S/C19H23N5O3/c25-18(13-24-19(26)4-3-16(22-24)15-1-2-15)21-12-14-5-6-20-17(11-14)23-7-9-27-10-8-23/h3-6,11,15H,1-2,7-10,12-13H2,(H,21,25). The van der Waals surface area contributed by atoms with Crippen LogP contribution in [-0.4, -0.2) is 47.0 Å². The van der Waals surface area contributed by atoms with Gasteiger partial charge in [-0.1, -0.05) is 0 Å². The van der Waals surface area contributed by atoms with E-state index >= 15 is 0 Å². The van der Waals surface area contributed by atoms with Crippen molar-refractivity contribution in [3.8, 4) is 0 Å². The maximum Gasteiger partial charge on any atom is 0.267 e. The van der Waals surface area contributed by atoms with Gasteiger partial charge in [-0.05, 0) is 36.6 Å². The summed E-state index contributed by atoms with van der Waals surface area (Å²) in [5.74, 6) is 1.10. The summed E-state index contributed by atoms with van der Waals surface area (Å²) in [4.78, 5) is 30.8. The monoisotopic (exact) mass is 369 g/mol. The normalized spacial score (nSPS) is 17.0. The van der Waals surface area contributed by atoms with Crippen molar-refractivity contribution in [3.05, 3.63) is 52.1 Å². The predicted octanol–water partition coefficient (Wildman–Crippen LogP) is 0.669. The highest BCUT2D eigenvalue weighted by Gasteiger charge is 2.25. The van der Waals surface area contributed by atoms with Gasteiger partial charge in [0.25, 0.3) is 5.56 Å². The summed E-state index contributed by atoms with van der Waals surface area (Å²) in [6, 6.07) is 7.11. The summed E-state index contributed by atoms with van der Waals surface area (Å²) >= 11 is 0. The molecule has 8 heteroatoms. The first-order valence-electron chi connectivity index (χ1n) is 9.31. The number of anilines is 1. The molecule has 0 atom stereocenters. The molecule has 3 heterocycles. The zero-order valence-corrected chi connectivity index (χ0v) is 15.1. The smallest absolute Gasteiger partial charge is 0.267 e. The number of amides is 1. The Morgan fingerprint density at radius 1 is 1.22 bits per heavy atom. The minimum Gasteiger partial charge on any atom is -0.378 e. The van der Waals surface area contributed by atoms with Crippen molar-refractivity contribution < 1.29 is 9.53 Å². The SMILES string of the molecule is O=C(Cn1nc(C2CC2)ccc1=O)NCc1ccnc(N2CCOCC2)c1. The molecule has 2 aromatic heterocycles. The van der Waals surface area contributed by atoms with Gasteiger partial charge in [-0.2, -0.15) is 5.10 Å². The Labute approximate surface area is 157 Å². The second kappa shape index (κ2) is 7.87. The van der Waals surface area contributed by atoms with Gasteiger partial charge in [0.15, 0.2) is 0 Å². The fraction of sp³-hybridized carbons (Fsp3) is 0.474. The van der Waals surface area contributed by atoms with Crippen LogP contribution in [0.25, 0.3) is 0 Å². The summed E-state index contributed by atoms with van der Waals surface area (Å²) in [5, 5.41) is 7.18. The third-order valence-corrected chi connectivity index (χ3v) is 4.81. The number of pyridine rings is 1. The van der Waals surface area contributed by atoms with E-state index in [9.17, 15) is 9.59 Å². The third kappa shape index (κ3) is 4.51. The van der Waals surface area contributed by atoms with Crippen LogP contribution < -0.4 is 15.8 Å². The predicted molar refractivity (Wildman–Crippen MR) is 99.6 cm³/mol. The van der Waals surface area contributed by atoms with Gasteiger partial charge in [-0.3, -0.25) is 9.59 Å². The molecule has 2 fully saturated rings. The molecule has 2 aliphatic rings. The molecule has 0 radical (unpaired) electrons. The zero-order chi connectivity index (χ0) is 18.6. The maximum atomic E-state index is 12.3. The van der Waals surface area contributed by atoms with E-state index in [0.29, 0.717) is 25.7 Å². The summed E-state index contributed by atoms with van der Waals surface area (Å²) in [6.45, 7) is 3.34. The van der Waals surface area contributed by atoms with E-state index in [2.05, 4.69) is 20.3 Å². The van der Waals surface area contributed by atoms with Gasteiger partial charge in [0.1, 0.15) is 12.4 Å². The Kier molecular flexibility index (Phi) is 5.15. The molecule has 2 aromatic rings. The van der Waals surface area contributed by atoms with Crippen LogP contribution in [0.2, 0.25) is 0 Å². The number of aromatic nitrogens is 3. The highest BCUT2D eigenvalue weighted by atomic mass is 16.5. The third-order valence-electron chi connectivity index (χ3n) is 4.81. The number of morpholine rings is 1. The molecule has 0 unspecified atom stereocenters. The first-order valence-corrected chi connectivity index (χ1v) is 9.31. The Bertz CT molecular complexity index is 872. The van der Waals surface area contributed by atoms with Crippen molar-refractivity contribution in [3.63, 3.8) is 0 Å². The van der Waals surface area contributed by atoms with Crippen LogP contribution in [0.3, 0.4) is 0 Å². The van der Waals surface area contributed by atoms with Crippen molar-refractivity contribution in [2.24, 2.45) is 0 Å². The first-order chi connectivity index (χ1) is 13.2. The number of ether oxygens (including phenoxy) is 1. The summed E-state index contributed by atoms with van der Waals surface area (Å²) < 4.78 is 6.61. The lowest BCUT2D eigenvalue weighted by Crippen LogP contribution is -2.37. The molecule has 0 bridgehead atoms. The van der Waals surface area contributed by atoms with E-state index in [4.69, 9.17) is 4.74 Å². The van der Waals surface area contributed by atoms with Gasteiger partial charge in [0.2, 0.25) is 5.91 Å². The quantitative estimate of drug-likeness (QED) is 0.805. The molecule has 1 amide bonds. The number of hydrogen-bond acceptors (Lipinski definition) is 6. The van der Waals surface area contributed by atoms with Gasteiger partial charge >= 0.3 is 0 Å². The minimum atomic E-state index is -0.256. The van der Waals surface area contributed by atoms with Gasteiger partial charge in [0, 0.05) is 37.8 Å². The Morgan fingerprint density at radius 2 is 2.04 bits per heavy atom. The average molecular weight is 369 g/mol. The van der Waals surface area contributed by atoms with Crippen molar-refractivity contribution in [1.29, 1.82) is 0 Å². The number of nitrogens with zero attached hydrogens (tertiary/aromatic N) is 4. The summed E-state index contributed by atoms with van der Waals surface area (Å²) in [5.41, 5.74) is 1.60. The van der Waals surface area contributed by atoms with Crippen molar-refractivity contribution in [2.75, 3.05) is 31.2 Å². The lowest BCUT2D eigenvalue weighted by Gasteiger charge is -2.28. The van der Waals surface area contributed by atoms with Crippen molar-refractivity contribution in [2.45, 2.75) is 31.8 Å². The van der Waals surface area contributed by atoms with Gasteiger partial charge in [0.05, 0.1) is 18.9 Å². The number of nitrogens with one attached hydrogen (secondary N) is 1. The number of rotatable bonds is 6. The molecule has 1 N–H and O–H groups in total. The Hall–Kier alpha value is -2.74. The Balaban J connectivity index is 1.35. The van der Waals surface area contributed by atoms with Gasteiger partial charge in [-0.25, -0.2) is 9.67 Å². The number of hydrogen-bond donors (Lipinski definition) is 1. The van der Waals surface area contributed by atoms with E-state index in [0.717, 1.165) is 43.0 Å². The topological polar surface area (TPSA) is 89.3 Å². The van der Waals surface area contributed by atoms with Crippen molar-refractivity contribution in [1.82, 2.24) is 20.1 Å². The summed E-state index contributed by atoms with van der Waals surface area (Å²) in [7, 11) is 0. The molecule has 0 aromatic carbocycles. The molecule has 0 spiro atoms. The van der Waals surface area contributed by atoms with Gasteiger partial charge < -0.3 is 15.0 Å². The lowest BCUT2D eigenvalue weighted by atomic mass is 10.2. The van der Waals surface area contributed by atoms with Crippen LogP contribution in [-0.2, 0) is 22.6 Å². The second-order valence-corrected chi connectivity index (χ2v) is 6.93. The largest absolute Gasteiger partial charge is 0.378 e. The first kappa shape index (κ1) is 17.7.